The van der Waals surface area contributed by atoms with E-state index in [0.29, 0.717) is 4.88 Å². The lowest BCUT2D eigenvalue weighted by molar-refractivity contribution is -0.122. The maximum absolute atomic E-state index is 11.8. The Kier molecular flexibility index (Phi) is 5.11. The molecule has 0 fully saturated rings. The molecule has 1 rings (SSSR count). The van der Waals surface area contributed by atoms with Crippen molar-refractivity contribution in [3.8, 4) is 0 Å². The Bertz CT molecular complexity index is 376. The average molecular weight is 256 g/mol. The summed E-state index contributed by atoms with van der Waals surface area (Å²) in [5, 5.41) is 13.3. The molecule has 0 aliphatic carbocycles. The average Bonchev–Trinajstić information content (AvgIpc) is 2.78. The van der Waals surface area contributed by atoms with Crippen LogP contribution in [0.4, 0.5) is 0 Å². The van der Waals surface area contributed by atoms with Crippen molar-refractivity contribution in [2.24, 2.45) is 0 Å². The summed E-state index contributed by atoms with van der Waals surface area (Å²) in [6.07, 6.45) is -0.586. The number of rotatable bonds is 5. The molecule has 1 heterocycles. The van der Waals surface area contributed by atoms with Crippen LogP contribution >= 0.6 is 11.3 Å². The van der Waals surface area contributed by atoms with Crippen LogP contribution in [-0.4, -0.2) is 48.1 Å². The molecular formula is C11H16N2O3S. The first-order chi connectivity index (χ1) is 8.00. The van der Waals surface area contributed by atoms with Gasteiger partial charge in [0.05, 0.1) is 17.5 Å². The second kappa shape index (κ2) is 6.36. The van der Waals surface area contributed by atoms with E-state index in [1.807, 2.05) is 5.38 Å². The topological polar surface area (TPSA) is 69.6 Å². The van der Waals surface area contributed by atoms with Gasteiger partial charge in [-0.3, -0.25) is 9.59 Å². The molecule has 0 aliphatic heterocycles. The van der Waals surface area contributed by atoms with Gasteiger partial charge in [-0.25, -0.2) is 0 Å². The molecule has 1 atom stereocenters. The quantitative estimate of drug-likeness (QED) is 0.797. The highest BCUT2D eigenvalue weighted by Gasteiger charge is 2.15. The van der Waals surface area contributed by atoms with Crippen molar-refractivity contribution in [1.82, 2.24) is 10.2 Å². The molecule has 1 aromatic rings. The highest BCUT2D eigenvalue weighted by atomic mass is 32.1. The number of carbonyl (C=O) groups is 2. The van der Waals surface area contributed by atoms with Crippen LogP contribution in [0.2, 0.25) is 0 Å². The Morgan fingerprint density at radius 3 is 2.82 bits per heavy atom. The van der Waals surface area contributed by atoms with Crippen LogP contribution < -0.4 is 5.32 Å². The van der Waals surface area contributed by atoms with E-state index in [1.165, 1.54) is 16.2 Å². The third-order valence-corrected chi connectivity index (χ3v) is 2.91. The van der Waals surface area contributed by atoms with Gasteiger partial charge in [0, 0.05) is 13.6 Å². The minimum Gasteiger partial charge on any atom is -0.392 e. The van der Waals surface area contributed by atoms with Gasteiger partial charge in [0.25, 0.3) is 5.91 Å². The van der Waals surface area contributed by atoms with Crippen molar-refractivity contribution in [1.29, 1.82) is 0 Å². The monoisotopic (exact) mass is 256 g/mol. The minimum absolute atomic E-state index is 0.0105. The van der Waals surface area contributed by atoms with Crippen molar-refractivity contribution in [3.05, 3.63) is 22.4 Å². The maximum Gasteiger partial charge on any atom is 0.264 e. The van der Waals surface area contributed by atoms with Crippen LogP contribution in [0.3, 0.4) is 0 Å². The minimum atomic E-state index is -0.586. The lowest BCUT2D eigenvalue weighted by Crippen LogP contribution is -2.40. The summed E-state index contributed by atoms with van der Waals surface area (Å²) in [6.45, 7) is 1.77. The number of amides is 2. The second-order valence-corrected chi connectivity index (χ2v) is 4.74. The van der Waals surface area contributed by atoms with E-state index in [-0.39, 0.29) is 24.9 Å². The van der Waals surface area contributed by atoms with Crippen LogP contribution in [0.5, 0.6) is 0 Å². The molecule has 0 saturated heterocycles. The molecule has 0 aromatic carbocycles. The highest BCUT2D eigenvalue weighted by molar-refractivity contribution is 7.12. The molecule has 17 heavy (non-hydrogen) atoms. The summed E-state index contributed by atoms with van der Waals surface area (Å²) in [4.78, 5) is 25.2. The number of nitrogens with one attached hydrogen (secondary N) is 1. The zero-order chi connectivity index (χ0) is 12.8. The molecular weight excluding hydrogens is 240 g/mol. The fourth-order valence-electron chi connectivity index (χ4n) is 1.19. The van der Waals surface area contributed by atoms with Gasteiger partial charge in [0.15, 0.2) is 0 Å². The lowest BCUT2D eigenvalue weighted by atomic mass is 10.3. The van der Waals surface area contributed by atoms with Crippen molar-refractivity contribution < 1.29 is 14.7 Å². The first kappa shape index (κ1) is 13.7. The number of aliphatic hydroxyl groups is 1. The zero-order valence-electron chi connectivity index (χ0n) is 9.84. The summed E-state index contributed by atoms with van der Waals surface area (Å²) in [5.41, 5.74) is 0. The Balaban J connectivity index is 2.41. The standard InChI is InChI=1S/C11H16N2O3S/c1-8(14)6-12-10(15)7-13(2)11(16)9-4-3-5-17-9/h3-5,8,14H,6-7H2,1-2H3,(H,12,15). The second-order valence-electron chi connectivity index (χ2n) is 3.79. The Hall–Kier alpha value is -1.40. The van der Waals surface area contributed by atoms with E-state index in [1.54, 1.807) is 26.1 Å². The van der Waals surface area contributed by atoms with E-state index >= 15 is 0 Å². The predicted octanol–water partition coefficient (Wildman–Crippen LogP) is 0.317. The summed E-state index contributed by atoms with van der Waals surface area (Å²) in [6, 6.07) is 3.51. The van der Waals surface area contributed by atoms with Gasteiger partial charge >= 0.3 is 0 Å². The van der Waals surface area contributed by atoms with E-state index < -0.39 is 6.10 Å². The van der Waals surface area contributed by atoms with Crippen molar-refractivity contribution >= 4 is 23.2 Å². The molecule has 2 amide bonds. The van der Waals surface area contributed by atoms with Gasteiger partial charge in [-0.1, -0.05) is 6.07 Å². The summed E-state index contributed by atoms with van der Waals surface area (Å²) >= 11 is 1.34. The molecule has 0 bridgehead atoms. The van der Waals surface area contributed by atoms with Crippen LogP contribution in [0.15, 0.2) is 17.5 Å². The van der Waals surface area contributed by atoms with Gasteiger partial charge in [0.1, 0.15) is 0 Å². The summed E-state index contributed by atoms with van der Waals surface area (Å²) in [5.74, 6) is -0.453. The number of carbonyl (C=O) groups excluding carboxylic acids is 2. The maximum atomic E-state index is 11.8. The smallest absolute Gasteiger partial charge is 0.264 e. The lowest BCUT2D eigenvalue weighted by Gasteiger charge is -2.16. The first-order valence-electron chi connectivity index (χ1n) is 5.24. The fraction of sp³-hybridized carbons (Fsp3) is 0.455. The molecule has 0 radical (unpaired) electrons. The Morgan fingerprint density at radius 2 is 2.29 bits per heavy atom. The SMILES string of the molecule is CC(O)CNC(=O)CN(C)C(=O)c1cccs1. The van der Waals surface area contributed by atoms with Gasteiger partial charge in [-0.05, 0) is 18.4 Å². The molecule has 0 aliphatic rings. The van der Waals surface area contributed by atoms with E-state index in [0.717, 1.165) is 0 Å². The molecule has 94 valence electrons. The van der Waals surface area contributed by atoms with E-state index in [9.17, 15) is 9.59 Å². The molecule has 1 unspecified atom stereocenters. The van der Waals surface area contributed by atoms with E-state index in [2.05, 4.69) is 5.32 Å². The number of likely N-dealkylation sites (N-methyl/N-ethyl adjacent to an activating group) is 1. The zero-order valence-corrected chi connectivity index (χ0v) is 10.7. The molecule has 5 nitrogen and oxygen atoms in total. The molecule has 6 heteroatoms. The number of thiophene rings is 1. The molecule has 2 N–H and O–H groups in total. The molecule has 1 aromatic heterocycles. The Morgan fingerprint density at radius 1 is 1.59 bits per heavy atom. The van der Waals surface area contributed by atoms with Crippen LogP contribution in [-0.2, 0) is 4.79 Å². The van der Waals surface area contributed by atoms with Crippen LogP contribution in [0, 0.1) is 0 Å². The van der Waals surface area contributed by atoms with Crippen LogP contribution in [0.25, 0.3) is 0 Å². The first-order valence-corrected chi connectivity index (χ1v) is 6.12. The van der Waals surface area contributed by atoms with Gasteiger partial charge in [-0.2, -0.15) is 0 Å². The molecule has 0 spiro atoms. The van der Waals surface area contributed by atoms with Crippen LogP contribution in [0.1, 0.15) is 16.6 Å². The van der Waals surface area contributed by atoms with E-state index in [4.69, 9.17) is 5.11 Å². The summed E-state index contributed by atoms with van der Waals surface area (Å²) < 4.78 is 0. The van der Waals surface area contributed by atoms with Gasteiger partial charge in [-0.15, -0.1) is 11.3 Å². The van der Waals surface area contributed by atoms with Crippen molar-refractivity contribution in [2.45, 2.75) is 13.0 Å². The number of aliphatic hydroxyl groups excluding tert-OH is 1. The summed E-state index contributed by atoms with van der Waals surface area (Å²) in [7, 11) is 1.57. The number of hydrogen-bond acceptors (Lipinski definition) is 4. The predicted molar refractivity (Wildman–Crippen MR) is 66.0 cm³/mol. The Labute approximate surface area is 104 Å². The van der Waals surface area contributed by atoms with Crippen molar-refractivity contribution in [2.75, 3.05) is 20.1 Å². The van der Waals surface area contributed by atoms with Gasteiger partial charge < -0.3 is 15.3 Å². The van der Waals surface area contributed by atoms with Gasteiger partial charge in [0.2, 0.25) is 5.91 Å². The fourth-order valence-corrected chi connectivity index (χ4v) is 1.91. The molecule has 0 saturated carbocycles. The van der Waals surface area contributed by atoms with Crippen molar-refractivity contribution in [3.63, 3.8) is 0 Å². The largest absolute Gasteiger partial charge is 0.392 e. The number of nitrogens with zero attached hydrogens (tertiary/aromatic N) is 1. The third-order valence-electron chi connectivity index (χ3n) is 2.05. The normalized spacial score (nSPS) is 11.9. The highest BCUT2D eigenvalue weighted by Crippen LogP contribution is 2.10. The third kappa shape index (κ3) is 4.54. The number of hydrogen-bond donors (Lipinski definition) is 2.